The molecule has 8 rings (SSSR count). The highest BCUT2D eigenvalue weighted by atomic mass is 35.5. The van der Waals surface area contributed by atoms with E-state index < -0.39 is 36.8 Å². The van der Waals surface area contributed by atoms with Gasteiger partial charge in [-0.2, -0.15) is 0 Å². The van der Waals surface area contributed by atoms with Crippen molar-refractivity contribution in [3.05, 3.63) is 117 Å². The lowest BCUT2D eigenvalue weighted by Crippen LogP contribution is -2.29. The number of aliphatic carboxylic acids is 2. The van der Waals surface area contributed by atoms with Crippen LogP contribution in [-0.2, 0) is 19.2 Å². The number of halogens is 2. The Labute approximate surface area is 395 Å². The molecule has 0 bridgehead atoms. The van der Waals surface area contributed by atoms with Crippen molar-refractivity contribution >= 4 is 58.8 Å². The van der Waals surface area contributed by atoms with Gasteiger partial charge in [0.05, 0.1) is 0 Å². The van der Waals surface area contributed by atoms with Gasteiger partial charge < -0.3 is 31.5 Å². The Hall–Kier alpha value is -5.72. The summed E-state index contributed by atoms with van der Waals surface area (Å²) in [5.74, 6) is -1.67. The van der Waals surface area contributed by atoms with E-state index >= 15 is 0 Å². The first-order valence-electron chi connectivity index (χ1n) is 23.2. The minimum atomic E-state index is -1.09. The third-order valence-electron chi connectivity index (χ3n) is 13.8. The van der Waals surface area contributed by atoms with Gasteiger partial charge in [0, 0.05) is 46.1 Å². The first-order chi connectivity index (χ1) is 31.9. The second-order valence-electron chi connectivity index (χ2n) is 18.0. The van der Waals surface area contributed by atoms with Gasteiger partial charge in [-0.15, -0.1) is 0 Å². The maximum absolute atomic E-state index is 12.6. The van der Waals surface area contributed by atoms with E-state index in [1.807, 2.05) is 48.5 Å². The van der Waals surface area contributed by atoms with Crippen LogP contribution in [0.3, 0.4) is 0 Å². The standard InChI is InChI=1S/2C26H29ClN2O4/c27-22-14-18(17-7-4-8-19(13-17)25(32)29-15-23(30)31)9-10-20(22)24(16-5-2-1-3-6-16)21-11-12-28-26(21)33;27-22-14-19(16-6-8-18(9-7-16)25(32)29-15-23(30)31)10-11-20(22)24(17-4-2-1-3-5-17)21-12-13-28-26(21)33/h4,7-10,13-14,16,21,24H,1-3,5-6,11-12,15H2,(H,28,33)(H,29,32)(H,30,31);6-11,14,17,21,24H,1-5,12-13,15H2,(H,28,33)(H,29,32)(H,30,31). The molecule has 2 saturated carbocycles. The van der Waals surface area contributed by atoms with Crippen LogP contribution in [0.5, 0.6) is 0 Å². The van der Waals surface area contributed by atoms with Crippen LogP contribution in [0.2, 0.25) is 10.0 Å². The number of carbonyl (C=O) groups excluding carboxylic acids is 4. The normalized spacial score (nSPS) is 19.7. The number of amides is 4. The molecule has 4 aromatic rings. The lowest BCUT2D eigenvalue weighted by molar-refractivity contribution is -0.136. The summed E-state index contributed by atoms with van der Waals surface area (Å²) in [5.41, 5.74) is 6.40. The summed E-state index contributed by atoms with van der Waals surface area (Å²) in [6.45, 7) is 0.605. The molecule has 0 aromatic heterocycles. The van der Waals surface area contributed by atoms with Gasteiger partial charge in [0.1, 0.15) is 13.1 Å². The Bertz CT molecular complexity index is 2410. The smallest absolute Gasteiger partial charge is 0.322 e. The van der Waals surface area contributed by atoms with Crippen molar-refractivity contribution in [2.45, 2.75) is 88.9 Å². The molecule has 4 amide bonds. The van der Waals surface area contributed by atoms with Crippen molar-refractivity contribution in [1.29, 1.82) is 0 Å². The Morgan fingerprint density at radius 1 is 0.530 bits per heavy atom. The van der Waals surface area contributed by atoms with E-state index in [9.17, 15) is 28.8 Å². The highest BCUT2D eigenvalue weighted by molar-refractivity contribution is 6.32. The van der Waals surface area contributed by atoms with E-state index in [0.29, 0.717) is 33.0 Å². The minimum absolute atomic E-state index is 0.0277. The number of carboxylic acids is 2. The number of carbonyl (C=O) groups is 6. The quantitative estimate of drug-likeness (QED) is 0.0721. The molecular weight excluding hydrogens is 879 g/mol. The van der Waals surface area contributed by atoms with Gasteiger partial charge in [-0.25, -0.2) is 0 Å². The molecule has 0 radical (unpaired) electrons. The molecule has 6 N–H and O–H groups in total. The monoisotopic (exact) mass is 936 g/mol. The summed E-state index contributed by atoms with van der Waals surface area (Å²) in [6.07, 6.45) is 13.5. The summed E-state index contributed by atoms with van der Waals surface area (Å²) >= 11 is 13.7. The second kappa shape index (κ2) is 22.7. The number of rotatable bonds is 14. The van der Waals surface area contributed by atoms with E-state index in [1.165, 1.54) is 38.5 Å². The van der Waals surface area contributed by atoms with Crippen LogP contribution in [0.1, 0.15) is 121 Å². The Kier molecular flexibility index (Phi) is 16.5. The van der Waals surface area contributed by atoms with Gasteiger partial charge in [-0.1, -0.05) is 110 Å². The molecule has 4 unspecified atom stereocenters. The summed E-state index contributed by atoms with van der Waals surface area (Å²) in [5, 5.41) is 29.5. The number of carboxylic acid groups (broad SMARTS) is 2. The Morgan fingerprint density at radius 2 is 0.955 bits per heavy atom. The van der Waals surface area contributed by atoms with Gasteiger partial charge in [0.2, 0.25) is 11.8 Å². The lowest BCUT2D eigenvalue weighted by Gasteiger charge is -2.34. The van der Waals surface area contributed by atoms with Crippen molar-refractivity contribution < 1.29 is 39.0 Å². The Balaban J connectivity index is 0.000000196. The van der Waals surface area contributed by atoms with Crippen LogP contribution in [0.25, 0.3) is 22.3 Å². The van der Waals surface area contributed by atoms with Crippen LogP contribution in [-0.4, -0.2) is 72.0 Å². The first kappa shape index (κ1) is 48.2. The molecule has 2 aliphatic carbocycles. The summed E-state index contributed by atoms with van der Waals surface area (Å²) < 4.78 is 0. The number of hydrogen-bond acceptors (Lipinski definition) is 6. The van der Waals surface area contributed by atoms with Gasteiger partial charge in [-0.05, 0) is 132 Å². The third kappa shape index (κ3) is 12.0. The van der Waals surface area contributed by atoms with Crippen LogP contribution >= 0.6 is 23.2 Å². The van der Waals surface area contributed by atoms with E-state index in [1.54, 1.807) is 30.3 Å². The van der Waals surface area contributed by atoms with Gasteiger partial charge in [-0.3, -0.25) is 28.8 Å². The van der Waals surface area contributed by atoms with E-state index in [-0.39, 0.29) is 35.5 Å². The zero-order valence-electron chi connectivity index (χ0n) is 37.0. The highest BCUT2D eigenvalue weighted by Gasteiger charge is 2.40. The fraction of sp³-hybridized carbons (Fsp3) is 0.423. The average molecular weight is 938 g/mol. The first-order valence-corrected chi connectivity index (χ1v) is 24.0. The Morgan fingerprint density at radius 3 is 1.38 bits per heavy atom. The fourth-order valence-corrected chi connectivity index (χ4v) is 11.2. The molecule has 4 aliphatic rings. The molecule has 14 heteroatoms. The second-order valence-corrected chi connectivity index (χ2v) is 18.8. The maximum Gasteiger partial charge on any atom is 0.322 e. The summed E-state index contributed by atoms with van der Waals surface area (Å²) in [6, 6.07) is 26.0. The van der Waals surface area contributed by atoms with E-state index in [4.69, 9.17) is 33.4 Å². The molecule has 2 saturated heterocycles. The van der Waals surface area contributed by atoms with E-state index in [2.05, 4.69) is 27.3 Å². The molecule has 4 atom stereocenters. The molecule has 0 spiro atoms. The van der Waals surface area contributed by atoms with Crippen LogP contribution in [0.4, 0.5) is 0 Å². The largest absolute Gasteiger partial charge is 0.480 e. The molecule has 2 heterocycles. The molecular formula is C52H58Cl2N4O8. The molecule has 2 aliphatic heterocycles. The molecule has 12 nitrogen and oxygen atoms in total. The van der Waals surface area contributed by atoms with Crippen molar-refractivity contribution in [3.63, 3.8) is 0 Å². The zero-order chi connectivity index (χ0) is 46.7. The molecule has 66 heavy (non-hydrogen) atoms. The average Bonchev–Trinajstić information content (AvgIpc) is 3.96. The topological polar surface area (TPSA) is 191 Å². The predicted octanol–water partition coefficient (Wildman–Crippen LogP) is 9.24. The van der Waals surface area contributed by atoms with Crippen molar-refractivity contribution in [2.75, 3.05) is 26.2 Å². The molecule has 348 valence electrons. The summed E-state index contributed by atoms with van der Waals surface area (Å²) in [7, 11) is 0. The summed E-state index contributed by atoms with van der Waals surface area (Å²) in [4.78, 5) is 70.8. The number of nitrogens with one attached hydrogen (secondary N) is 4. The third-order valence-corrected chi connectivity index (χ3v) is 14.5. The van der Waals surface area contributed by atoms with Gasteiger partial charge in [0.15, 0.2) is 0 Å². The lowest BCUT2D eigenvalue weighted by atomic mass is 9.70. The van der Waals surface area contributed by atoms with Crippen molar-refractivity contribution in [1.82, 2.24) is 21.3 Å². The van der Waals surface area contributed by atoms with Crippen LogP contribution in [0, 0.1) is 23.7 Å². The van der Waals surface area contributed by atoms with Crippen molar-refractivity contribution in [3.8, 4) is 22.3 Å². The minimum Gasteiger partial charge on any atom is -0.480 e. The molecule has 4 aromatic carbocycles. The van der Waals surface area contributed by atoms with Crippen LogP contribution in [0.15, 0.2) is 84.9 Å². The van der Waals surface area contributed by atoms with Crippen LogP contribution < -0.4 is 21.3 Å². The number of hydrogen-bond donors (Lipinski definition) is 6. The van der Waals surface area contributed by atoms with Gasteiger partial charge in [0.25, 0.3) is 11.8 Å². The predicted molar refractivity (Wildman–Crippen MR) is 255 cm³/mol. The fourth-order valence-electron chi connectivity index (χ4n) is 10.6. The van der Waals surface area contributed by atoms with Gasteiger partial charge >= 0.3 is 11.9 Å². The SMILES string of the molecule is O=C(O)CNC(=O)c1ccc(-c2ccc(C(C3CCCCC3)C3CCNC3=O)c(Cl)c2)cc1.O=C(O)CNC(=O)c1cccc(-c2ccc(C(C3CCCCC3)C3CCNC3=O)c(Cl)c2)c1. The highest BCUT2D eigenvalue weighted by Crippen LogP contribution is 2.47. The van der Waals surface area contributed by atoms with Crippen molar-refractivity contribution in [2.24, 2.45) is 23.7 Å². The maximum atomic E-state index is 12.6. The molecule has 4 fully saturated rings. The zero-order valence-corrected chi connectivity index (χ0v) is 38.5. The van der Waals surface area contributed by atoms with E-state index in [0.717, 1.165) is 85.0 Å². The number of benzene rings is 4.